The van der Waals surface area contributed by atoms with Crippen molar-refractivity contribution >= 4 is 11.7 Å². The van der Waals surface area contributed by atoms with Gasteiger partial charge in [0.15, 0.2) is 0 Å². The van der Waals surface area contributed by atoms with Crippen LogP contribution in [-0.2, 0) is 11.2 Å². The van der Waals surface area contributed by atoms with E-state index in [4.69, 9.17) is 5.73 Å². The number of aromatic nitrogens is 2. The van der Waals surface area contributed by atoms with Crippen molar-refractivity contribution in [3.05, 3.63) is 29.7 Å². The Balaban J connectivity index is 2.15. The largest absolute Gasteiger partial charge is 0.369 e. The molecule has 5 nitrogen and oxygen atoms in total. The van der Waals surface area contributed by atoms with E-state index in [1.165, 1.54) is 0 Å². The average molecular weight is 274 g/mol. The van der Waals surface area contributed by atoms with Crippen LogP contribution in [0.5, 0.6) is 0 Å². The number of carbonyl (C=O) groups is 1. The molecular formula is C15H22N4O. The van der Waals surface area contributed by atoms with Crippen molar-refractivity contribution in [2.75, 3.05) is 5.32 Å². The maximum Gasteiger partial charge on any atom is 0.222 e. The second-order valence-electron chi connectivity index (χ2n) is 5.26. The van der Waals surface area contributed by atoms with Gasteiger partial charge in [0.2, 0.25) is 5.91 Å². The van der Waals surface area contributed by atoms with Crippen LogP contribution in [-0.4, -0.2) is 21.9 Å². The smallest absolute Gasteiger partial charge is 0.222 e. The highest BCUT2D eigenvalue weighted by molar-refractivity contribution is 5.78. The molecule has 0 spiro atoms. The normalized spacial score (nSPS) is 21.7. The minimum atomic E-state index is -0.258. The second kappa shape index (κ2) is 6.50. The van der Waals surface area contributed by atoms with E-state index in [0.717, 1.165) is 36.6 Å². The number of allylic oxidation sites excluding steroid dienone is 1. The van der Waals surface area contributed by atoms with Crippen LogP contribution in [0.4, 0.5) is 5.82 Å². The highest BCUT2D eigenvalue weighted by atomic mass is 16.1. The molecule has 1 aromatic rings. The standard InChI is InChI=1S/C15H22N4O/c1-3-6-13-17-10(2)9-14(19-13)18-12-8-5-4-7-11(12)15(16)20/h4-5,9,11-12H,3,6-8H2,1-2H3,(H2,16,20)(H,17,18,19)/t11-,12-/m1/s1. The zero-order chi connectivity index (χ0) is 14.5. The van der Waals surface area contributed by atoms with Gasteiger partial charge < -0.3 is 11.1 Å². The van der Waals surface area contributed by atoms with Crippen LogP contribution in [0.25, 0.3) is 0 Å². The Labute approximate surface area is 119 Å². The van der Waals surface area contributed by atoms with Gasteiger partial charge in [-0.2, -0.15) is 0 Å². The predicted molar refractivity (Wildman–Crippen MR) is 79.2 cm³/mol. The predicted octanol–water partition coefficient (Wildman–Crippen LogP) is 1.97. The summed E-state index contributed by atoms with van der Waals surface area (Å²) in [4.78, 5) is 20.4. The number of nitrogens with zero attached hydrogens (tertiary/aromatic N) is 2. The van der Waals surface area contributed by atoms with Crippen molar-refractivity contribution in [1.29, 1.82) is 0 Å². The summed E-state index contributed by atoms with van der Waals surface area (Å²) >= 11 is 0. The number of primary amides is 1. The molecule has 2 atom stereocenters. The van der Waals surface area contributed by atoms with E-state index < -0.39 is 0 Å². The van der Waals surface area contributed by atoms with Gasteiger partial charge in [-0.3, -0.25) is 4.79 Å². The van der Waals surface area contributed by atoms with Gasteiger partial charge in [0, 0.05) is 24.2 Å². The third-order valence-corrected chi connectivity index (χ3v) is 3.51. The molecule has 0 radical (unpaired) electrons. The summed E-state index contributed by atoms with van der Waals surface area (Å²) in [6, 6.07) is 1.93. The number of hydrogen-bond acceptors (Lipinski definition) is 4. The topological polar surface area (TPSA) is 80.9 Å². The molecule has 0 bridgehead atoms. The maximum absolute atomic E-state index is 11.5. The molecule has 1 heterocycles. The summed E-state index contributed by atoms with van der Waals surface area (Å²) in [5, 5.41) is 3.35. The lowest BCUT2D eigenvalue weighted by atomic mass is 9.88. The van der Waals surface area contributed by atoms with Gasteiger partial charge in [-0.25, -0.2) is 9.97 Å². The summed E-state index contributed by atoms with van der Waals surface area (Å²) in [5.41, 5.74) is 6.41. The Bertz CT molecular complexity index is 513. The number of anilines is 1. The van der Waals surface area contributed by atoms with Crippen molar-refractivity contribution in [2.24, 2.45) is 11.7 Å². The Morgan fingerprint density at radius 1 is 1.40 bits per heavy atom. The second-order valence-corrected chi connectivity index (χ2v) is 5.26. The number of carbonyl (C=O) groups excluding carboxylic acids is 1. The molecule has 0 unspecified atom stereocenters. The lowest BCUT2D eigenvalue weighted by Crippen LogP contribution is -2.39. The lowest BCUT2D eigenvalue weighted by Gasteiger charge is -2.27. The molecule has 20 heavy (non-hydrogen) atoms. The average Bonchev–Trinajstić information content (AvgIpc) is 2.38. The fraction of sp³-hybridized carbons (Fsp3) is 0.533. The number of nitrogens with one attached hydrogen (secondary N) is 1. The van der Waals surface area contributed by atoms with Crippen molar-refractivity contribution in [3.8, 4) is 0 Å². The summed E-state index contributed by atoms with van der Waals surface area (Å²) in [5.74, 6) is 1.20. The van der Waals surface area contributed by atoms with E-state index in [1.54, 1.807) is 0 Å². The Kier molecular flexibility index (Phi) is 4.71. The van der Waals surface area contributed by atoms with Crippen LogP contribution in [0.3, 0.4) is 0 Å². The summed E-state index contributed by atoms with van der Waals surface area (Å²) in [6.45, 7) is 4.06. The van der Waals surface area contributed by atoms with Gasteiger partial charge in [-0.1, -0.05) is 19.1 Å². The van der Waals surface area contributed by atoms with Gasteiger partial charge in [0.05, 0.1) is 5.92 Å². The van der Waals surface area contributed by atoms with Crippen LogP contribution in [0, 0.1) is 12.8 Å². The van der Waals surface area contributed by atoms with Crippen molar-refractivity contribution in [3.63, 3.8) is 0 Å². The molecular weight excluding hydrogens is 252 g/mol. The summed E-state index contributed by atoms with van der Waals surface area (Å²) in [6.07, 6.45) is 7.46. The third kappa shape index (κ3) is 3.56. The number of nitrogens with two attached hydrogens (primary N) is 1. The van der Waals surface area contributed by atoms with Crippen LogP contribution in [0.2, 0.25) is 0 Å². The van der Waals surface area contributed by atoms with E-state index in [2.05, 4.69) is 28.3 Å². The molecule has 0 aliphatic heterocycles. The molecule has 5 heteroatoms. The van der Waals surface area contributed by atoms with Crippen LogP contribution in [0.1, 0.15) is 37.7 Å². The Morgan fingerprint density at radius 2 is 2.15 bits per heavy atom. The summed E-state index contributed by atoms with van der Waals surface area (Å²) in [7, 11) is 0. The molecule has 3 N–H and O–H groups in total. The van der Waals surface area contributed by atoms with E-state index in [0.29, 0.717) is 6.42 Å². The highest BCUT2D eigenvalue weighted by Crippen LogP contribution is 2.22. The first-order valence-electron chi connectivity index (χ1n) is 7.15. The molecule has 1 aliphatic carbocycles. The van der Waals surface area contributed by atoms with E-state index in [-0.39, 0.29) is 17.9 Å². The van der Waals surface area contributed by atoms with E-state index in [1.807, 2.05) is 19.1 Å². The monoisotopic (exact) mass is 274 g/mol. The zero-order valence-corrected chi connectivity index (χ0v) is 12.1. The fourth-order valence-electron chi connectivity index (χ4n) is 2.52. The minimum Gasteiger partial charge on any atom is -0.369 e. The van der Waals surface area contributed by atoms with Gasteiger partial charge in [-0.05, 0) is 26.2 Å². The number of amides is 1. The molecule has 1 aliphatic rings. The first kappa shape index (κ1) is 14.5. The molecule has 2 rings (SSSR count). The Morgan fingerprint density at radius 3 is 2.85 bits per heavy atom. The SMILES string of the molecule is CCCc1nc(C)cc(N[C@@H]2CC=CC[C@H]2C(N)=O)n1. The van der Waals surface area contributed by atoms with E-state index >= 15 is 0 Å². The first-order chi connectivity index (χ1) is 9.60. The van der Waals surface area contributed by atoms with Gasteiger partial charge >= 0.3 is 0 Å². The molecule has 0 fully saturated rings. The molecule has 0 aromatic carbocycles. The molecule has 1 aromatic heterocycles. The zero-order valence-electron chi connectivity index (χ0n) is 12.1. The lowest BCUT2D eigenvalue weighted by molar-refractivity contribution is -0.122. The quantitative estimate of drug-likeness (QED) is 0.804. The van der Waals surface area contributed by atoms with Crippen molar-refractivity contribution in [1.82, 2.24) is 9.97 Å². The third-order valence-electron chi connectivity index (χ3n) is 3.51. The van der Waals surface area contributed by atoms with Crippen molar-refractivity contribution in [2.45, 2.75) is 45.6 Å². The highest BCUT2D eigenvalue weighted by Gasteiger charge is 2.27. The van der Waals surface area contributed by atoms with Crippen molar-refractivity contribution < 1.29 is 4.79 Å². The molecule has 1 amide bonds. The Hall–Kier alpha value is -1.91. The van der Waals surface area contributed by atoms with Gasteiger partial charge in [0.25, 0.3) is 0 Å². The van der Waals surface area contributed by atoms with Crippen LogP contribution in [0.15, 0.2) is 18.2 Å². The van der Waals surface area contributed by atoms with Gasteiger partial charge in [-0.15, -0.1) is 0 Å². The number of hydrogen-bond donors (Lipinski definition) is 2. The first-order valence-corrected chi connectivity index (χ1v) is 7.15. The number of rotatable bonds is 5. The number of aryl methyl sites for hydroxylation is 2. The minimum absolute atomic E-state index is 0.0151. The van der Waals surface area contributed by atoms with Crippen LogP contribution >= 0.6 is 0 Å². The fourth-order valence-corrected chi connectivity index (χ4v) is 2.52. The summed E-state index contributed by atoms with van der Waals surface area (Å²) < 4.78 is 0. The molecule has 0 saturated heterocycles. The maximum atomic E-state index is 11.5. The van der Waals surface area contributed by atoms with E-state index in [9.17, 15) is 4.79 Å². The molecule has 0 saturated carbocycles. The van der Waals surface area contributed by atoms with Gasteiger partial charge in [0.1, 0.15) is 11.6 Å². The van der Waals surface area contributed by atoms with Crippen LogP contribution < -0.4 is 11.1 Å². The molecule has 108 valence electrons.